The number of aromatic nitrogens is 1. The summed E-state index contributed by atoms with van der Waals surface area (Å²) in [6, 6.07) is 14.5. The van der Waals surface area contributed by atoms with Gasteiger partial charge in [-0.2, -0.15) is 0 Å². The third-order valence-electron chi connectivity index (χ3n) is 3.76. The Morgan fingerprint density at radius 2 is 1.83 bits per heavy atom. The maximum Gasteiger partial charge on any atom is 0.252 e. The Bertz CT molecular complexity index is 930. The van der Waals surface area contributed by atoms with Crippen molar-refractivity contribution in [1.82, 2.24) is 9.88 Å². The zero-order valence-corrected chi connectivity index (χ0v) is 12.5. The minimum atomic E-state index is -0.330. The number of amides is 1. The van der Waals surface area contributed by atoms with Crippen molar-refractivity contribution in [2.24, 2.45) is 7.05 Å². The summed E-state index contributed by atoms with van der Waals surface area (Å²) in [5, 5.41) is 3.48. The van der Waals surface area contributed by atoms with Crippen molar-refractivity contribution in [1.29, 1.82) is 0 Å². The maximum absolute atomic E-state index is 12.9. The maximum atomic E-state index is 12.9. The van der Waals surface area contributed by atoms with Gasteiger partial charge in [0.2, 0.25) is 0 Å². The zero-order valence-electron chi connectivity index (χ0n) is 12.5. The average molecular weight is 310 g/mol. The van der Waals surface area contributed by atoms with Gasteiger partial charge < -0.3 is 9.88 Å². The molecule has 0 aliphatic carbocycles. The summed E-state index contributed by atoms with van der Waals surface area (Å²) in [6.07, 6.45) is 0. The smallest absolute Gasteiger partial charge is 0.252 e. The number of aryl methyl sites for hydroxylation is 1. The molecule has 0 radical (unpaired) electrons. The number of benzene rings is 2. The van der Waals surface area contributed by atoms with Gasteiger partial charge in [0.25, 0.3) is 11.5 Å². The van der Waals surface area contributed by atoms with Gasteiger partial charge in [-0.15, -0.1) is 0 Å². The second-order valence-corrected chi connectivity index (χ2v) is 5.28. The minimum Gasteiger partial charge on any atom is -0.348 e. The molecule has 1 heterocycles. The van der Waals surface area contributed by atoms with Crippen LogP contribution in [-0.4, -0.2) is 10.5 Å². The summed E-state index contributed by atoms with van der Waals surface area (Å²) in [6.45, 7) is 0.267. The Kier molecular flexibility index (Phi) is 3.93. The first-order chi connectivity index (χ1) is 11.1. The van der Waals surface area contributed by atoms with Gasteiger partial charge in [-0.1, -0.05) is 30.3 Å². The third kappa shape index (κ3) is 2.99. The highest BCUT2D eigenvalue weighted by molar-refractivity contribution is 6.06. The number of nitrogens with zero attached hydrogens (tertiary/aromatic N) is 1. The standard InChI is InChI=1S/C18H15FN2O2/c1-21-16-5-3-2-4-14(16)15(10-17(21)22)18(23)20-11-12-6-8-13(19)9-7-12/h2-10H,11H2,1H3,(H,20,23). The largest absolute Gasteiger partial charge is 0.348 e. The number of hydrogen-bond donors (Lipinski definition) is 1. The van der Waals surface area contributed by atoms with Crippen LogP contribution >= 0.6 is 0 Å². The molecule has 23 heavy (non-hydrogen) atoms. The number of nitrogens with one attached hydrogen (secondary N) is 1. The molecule has 2 aromatic carbocycles. The van der Waals surface area contributed by atoms with Crippen molar-refractivity contribution >= 4 is 16.8 Å². The summed E-state index contributed by atoms with van der Waals surface area (Å²) < 4.78 is 14.4. The Balaban J connectivity index is 1.90. The Hall–Kier alpha value is -2.95. The fourth-order valence-corrected chi connectivity index (χ4v) is 2.48. The molecule has 0 aliphatic rings. The number of carbonyl (C=O) groups is 1. The van der Waals surface area contributed by atoms with Crippen LogP contribution in [0.5, 0.6) is 0 Å². The van der Waals surface area contributed by atoms with E-state index in [-0.39, 0.29) is 23.8 Å². The van der Waals surface area contributed by atoms with Crippen molar-refractivity contribution in [3.8, 4) is 0 Å². The SMILES string of the molecule is Cn1c(=O)cc(C(=O)NCc2ccc(F)cc2)c2ccccc21. The van der Waals surface area contributed by atoms with E-state index in [0.29, 0.717) is 16.5 Å². The minimum absolute atomic E-state index is 0.240. The van der Waals surface area contributed by atoms with E-state index in [2.05, 4.69) is 5.32 Å². The predicted molar refractivity (Wildman–Crippen MR) is 86.8 cm³/mol. The monoisotopic (exact) mass is 310 g/mol. The highest BCUT2D eigenvalue weighted by atomic mass is 19.1. The lowest BCUT2D eigenvalue weighted by Crippen LogP contribution is -2.26. The number of halogens is 1. The van der Waals surface area contributed by atoms with E-state index in [1.807, 2.05) is 18.2 Å². The van der Waals surface area contributed by atoms with Crippen LogP contribution in [0.1, 0.15) is 15.9 Å². The van der Waals surface area contributed by atoms with Gasteiger partial charge >= 0.3 is 0 Å². The molecule has 3 aromatic rings. The Labute approximate surface area is 132 Å². The highest BCUT2D eigenvalue weighted by Crippen LogP contribution is 2.16. The molecule has 0 atom stereocenters. The van der Waals surface area contributed by atoms with E-state index in [0.717, 1.165) is 5.56 Å². The molecule has 0 saturated heterocycles. The van der Waals surface area contributed by atoms with Crippen molar-refractivity contribution < 1.29 is 9.18 Å². The number of para-hydroxylation sites is 1. The van der Waals surface area contributed by atoms with Gasteiger partial charge in [0.1, 0.15) is 5.82 Å². The molecule has 116 valence electrons. The number of fused-ring (bicyclic) bond motifs is 1. The molecule has 0 spiro atoms. The van der Waals surface area contributed by atoms with Crippen molar-refractivity contribution in [2.75, 3.05) is 0 Å². The first-order valence-corrected chi connectivity index (χ1v) is 7.17. The Morgan fingerprint density at radius 3 is 2.57 bits per heavy atom. The topological polar surface area (TPSA) is 51.1 Å². The lowest BCUT2D eigenvalue weighted by atomic mass is 10.1. The third-order valence-corrected chi connectivity index (χ3v) is 3.76. The Morgan fingerprint density at radius 1 is 1.13 bits per heavy atom. The van der Waals surface area contributed by atoms with Crippen LogP contribution in [0.15, 0.2) is 59.4 Å². The van der Waals surface area contributed by atoms with Crippen LogP contribution < -0.4 is 10.9 Å². The van der Waals surface area contributed by atoms with Crippen LogP contribution in [0.4, 0.5) is 4.39 Å². The molecule has 5 heteroatoms. The highest BCUT2D eigenvalue weighted by Gasteiger charge is 2.13. The van der Waals surface area contributed by atoms with Gasteiger partial charge in [-0.05, 0) is 23.8 Å². The summed E-state index contributed by atoms with van der Waals surface area (Å²) in [7, 11) is 1.67. The van der Waals surface area contributed by atoms with Gasteiger partial charge in [-0.3, -0.25) is 9.59 Å². The van der Waals surface area contributed by atoms with Crippen molar-refractivity contribution in [2.45, 2.75) is 6.54 Å². The first kappa shape index (κ1) is 15.0. The summed E-state index contributed by atoms with van der Waals surface area (Å²) in [5.41, 5.74) is 1.58. The van der Waals surface area contributed by atoms with Crippen LogP contribution in [0, 0.1) is 5.82 Å². The van der Waals surface area contributed by atoms with E-state index in [4.69, 9.17) is 0 Å². The zero-order chi connectivity index (χ0) is 16.4. The van der Waals surface area contributed by atoms with Crippen LogP contribution in [-0.2, 0) is 13.6 Å². The number of hydrogen-bond acceptors (Lipinski definition) is 2. The van der Waals surface area contributed by atoms with Crippen molar-refractivity contribution in [3.63, 3.8) is 0 Å². The number of pyridine rings is 1. The van der Waals surface area contributed by atoms with Gasteiger partial charge in [0, 0.05) is 25.0 Å². The van der Waals surface area contributed by atoms with E-state index in [1.54, 1.807) is 25.2 Å². The van der Waals surface area contributed by atoms with Crippen LogP contribution in [0.25, 0.3) is 10.9 Å². The van der Waals surface area contributed by atoms with E-state index >= 15 is 0 Å². The van der Waals surface area contributed by atoms with Crippen LogP contribution in [0.2, 0.25) is 0 Å². The van der Waals surface area contributed by atoms with E-state index < -0.39 is 0 Å². The second kappa shape index (κ2) is 6.04. The van der Waals surface area contributed by atoms with Gasteiger partial charge in [-0.25, -0.2) is 4.39 Å². The van der Waals surface area contributed by atoms with E-state index in [9.17, 15) is 14.0 Å². The summed E-state index contributed by atoms with van der Waals surface area (Å²) in [5.74, 6) is -0.652. The molecule has 4 nitrogen and oxygen atoms in total. The second-order valence-electron chi connectivity index (χ2n) is 5.28. The lowest BCUT2D eigenvalue weighted by molar-refractivity contribution is 0.0952. The quantitative estimate of drug-likeness (QED) is 0.808. The molecular weight excluding hydrogens is 295 g/mol. The molecule has 0 unspecified atom stereocenters. The fraction of sp³-hybridized carbons (Fsp3) is 0.111. The molecule has 3 rings (SSSR count). The molecule has 1 aromatic heterocycles. The molecule has 1 amide bonds. The van der Waals surface area contributed by atoms with Crippen LogP contribution in [0.3, 0.4) is 0 Å². The van der Waals surface area contributed by atoms with Crippen molar-refractivity contribution in [3.05, 3.63) is 81.9 Å². The lowest BCUT2D eigenvalue weighted by Gasteiger charge is -2.10. The fourth-order valence-electron chi connectivity index (χ4n) is 2.48. The van der Waals surface area contributed by atoms with Gasteiger partial charge in [0.05, 0.1) is 11.1 Å². The van der Waals surface area contributed by atoms with E-state index in [1.165, 1.54) is 22.8 Å². The molecule has 0 bridgehead atoms. The molecule has 0 aliphatic heterocycles. The number of rotatable bonds is 3. The predicted octanol–water partition coefficient (Wildman–Crippen LogP) is 2.61. The average Bonchev–Trinajstić information content (AvgIpc) is 2.57. The molecular formula is C18H15FN2O2. The number of carbonyl (C=O) groups excluding carboxylic acids is 1. The van der Waals surface area contributed by atoms with Gasteiger partial charge in [0.15, 0.2) is 0 Å². The molecule has 0 fully saturated rings. The molecule has 0 saturated carbocycles. The normalized spacial score (nSPS) is 10.7. The first-order valence-electron chi connectivity index (χ1n) is 7.17. The summed E-state index contributed by atoms with van der Waals surface area (Å²) in [4.78, 5) is 24.4. The summed E-state index contributed by atoms with van der Waals surface area (Å²) >= 11 is 0. The molecule has 1 N–H and O–H groups in total.